The molecule has 2 saturated heterocycles. The Morgan fingerprint density at radius 3 is 2.71 bits per heavy atom. The first-order valence-corrected chi connectivity index (χ1v) is 9.78. The molecule has 130 valence electrons. The van der Waals surface area contributed by atoms with Crippen LogP contribution in [0.4, 0.5) is 0 Å². The van der Waals surface area contributed by atoms with E-state index in [0.717, 1.165) is 45.4 Å². The van der Waals surface area contributed by atoms with Crippen molar-refractivity contribution in [2.24, 2.45) is 17.3 Å². The molecule has 3 aliphatic rings. The van der Waals surface area contributed by atoms with E-state index < -0.39 is 0 Å². The van der Waals surface area contributed by atoms with Crippen molar-refractivity contribution in [3.05, 3.63) is 35.9 Å². The van der Waals surface area contributed by atoms with Gasteiger partial charge in [0.15, 0.2) is 0 Å². The average molecular weight is 326 g/mol. The van der Waals surface area contributed by atoms with E-state index in [2.05, 4.69) is 47.5 Å². The van der Waals surface area contributed by atoms with Crippen molar-refractivity contribution in [3.63, 3.8) is 0 Å². The number of carbonyl (C=O) groups excluding carboxylic acids is 1. The fraction of sp³-hybridized carbons (Fsp3) is 0.667. The van der Waals surface area contributed by atoms with Gasteiger partial charge < -0.3 is 10.2 Å². The van der Waals surface area contributed by atoms with Gasteiger partial charge in [0.25, 0.3) is 0 Å². The Kier molecular flexibility index (Phi) is 4.38. The van der Waals surface area contributed by atoms with Crippen LogP contribution in [0, 0.1) is 17.3 Å². The van der Waals surface area contributed by atoms with Gasteiger partial charge in [-0.2, -0.15) is 0 Å². The van der Waals surface area contributed by atoms with Crippen molar-refractivity contribution < 1.29 is 4.79 Å². The highest BCUT2D eigenvalue weighted by Crippen LogP contribution is 2.59. The van der Waals surface area contributed by atoms with E-state index >= 15 is 0 Å². The summed E-state index contributed by atoms with van der Waals surface area (Å²) in [6, 6.07) is 10.9. The number of carbonyl (C=O) groups is 1. The number of benzene rings is 1. The van der Waals surface area contributed by atoms with Gasteiger partial charge in [0.2, 0.25) is 5.91 Å². The molecule has 24 heavy (non-hydrogen) atoms. The normalized spacial score (nSPS) is 31.9. The van der Waals surface area contributed by atoms with Gasteiger partial charge in [-0.1, -0.05) is 43.7 Å². The van der Waals surface area contributed by atoms with Gasteiger partial charge in [-0.25, -0.2) is 0 Å². The Morgan fingerprint density at radius 2 is 2.00 bits per heavy atom. The molecule has 1 saturated carbocycles. The highest BCUT2D eigenvalue weighted by atomic mass is 16.2. The lowest BCUT2D eigenvalue weighted by molar-refractivity contribution is -0.135. The van der Waals surface area contributed by atoms with E-state index in [1.807, 2.05) is 0 Å². The van der Waals surface area contributed by atoms with Crippen molar-refractivity contribution in [2.75, 3.05) is 26.2 Å². The van der Waals surface area contributed by atoms with Crippen LogP contribution in [0.5, 0.6) is 0 Å². The molecule has 3 unspecified atom stereocenters. The molecule has 3 atom stereocenters. The molecule has 2 aliphatic heterocycles. The molecule has 0 radical (unpaired) electrons. The molecule has 3 fully saturated rings. The minimum Gasteiger partial charge on any atom is -0.342 e. The van der Waals surface area contributed by atoms with Crippen molar-refractivity contribution in [3.8, 4) is 0 Å². The number of rotatable bonds is 3. The first-order chi connectivity index (χ1) is 11.7. The van der Waals surface area contributed by atoms with Crippen molar-refractivity contribution in [1.82, 2.24) is 10.2 Å². The summed E-state index contributed by atoms with van der Waals surface area (Å²) in [6.07, 6.45) is 5.81. The minimum absolute atomic E-state index is 0.324. The van der Waals surface area contributed by atoms with Gasteiger partial charge in [0, 0.05) is 19.0 Å². The summed E-state index contributed by atoms with van der Waals surface area (Å²) in [4.78, 5) is 15.2. The van der Waals surface area contributed by atoms with Crippen molar-refractivity contribution in [2.45, 2.75) is 44.9 Å². The molecule has 1 aliphatic carbocycles. The summed E-state index contributed by atoms with van der Waals surface area (Å²) < 4.78 is 0. The first kappa shape index (κ1) is 16.1. The van der Waals surface area contributed by atoms with E-state index in [0.29, 0.717) is 29.1 Å². The van der Waals surface area contributed by atoms with Crippen LogP contribution in [0.15, 0.2) is 30.3 Å². The molecule has 1 N–H and O–H groups in total. The molecule has 3 heteroatoms. The lowest BCUT2D eigenvalue weighted by atomic mass is 9.79. The van der Waals surface area contributed by atoms with Gasteiger partial charge in [0.05, 0.1) is 0 Å². The monoisotopic (exact) mass is 326 g/mol. The highest BCUT2D eigenvalue weighted by molar-refractivity contribution is 5.83. The fourth-order valence-corrected chi connectivity index (χ4v) is 5.18. The molecule has 3 nitrogen and oxygen atoms in total. The maximum Gasteiger partial charge on any atom is 0.226 e. The zero-order valence-electron chi connectivity index (χ0n) is 14.8. The molecule has 2 heterocycles. The maximum atomic E-state index is 13.0. The number of amides is 1. The molecule has 4 rings (SSSR count). The lowest BCUT2D eigenvalue weighted by Gasteiger charge is -2.39. The topological polar surface area (TPSA) is 32.3 Å². The van der Waals surface area contributed by atoms with Gasteiger partial charge in [-0.3, -0.25) is 4.79 Å². The molecule has 0 aromatic heterocycles. The summed E-state index contributed by atoms with van der Waals surface area (Å²) >= 11 is 0. The van der Waals surface area contributed by atoms with E-state index in [9.17, 15) is 4.79 Å². The number of piperidine rings is 2. The van der Waals surface area contributed by atoms with Crippen LogP contribution in [0.3, 0.4) is 0 Å². The Balaban J connectivity index is 1.41. The van der Waals surface area contributed by atoms with Gasteiger partial charge in [0.1, 0.15) is 0 Å². The van der Waals surface area contributed by atoms with E-state index in [1.165, 1.54) is 18.4 Å². The summed E-state index contributed by atoms with van der Waals surface area (Å²) in [5.41, 5.74) is 1.82. The summed E-state index contributed by atoms with van der Waals surface area (Å²) in [5.74, 6) is 2.01. The summed E-state index contributed by atoms with van der Waals surface area (Å²) in [5, 5.41) is 3.43. The molecule has 1 aromatic carbocycles. The number of likely N-dealkylation sites (tertiary alicyclic amines) is 1. The molecule has 1 spiro atoms. The van der Waals surface area contributed by atoms with Crippen LogP contribution < -0.4 is 5.32 Å². The van der Waals surface area contributed by atoms with Crippen LogP contribution in [0.2, 0.25) is 0 Å². The van der Waals surface area contributed by atoms with E-state index in [-0.39, 0.29) is 0 Å². The number of hydrogen-bond donors (Lipinski definition) is 1. The number of nitrogens with zero attached hydrogens (tertiary/aromatic N) is 1. The highest BCUT2D eigenvalue weighted by Gasteiger charge is 2.58. The Hall–Kier alpha value is -1.35. The largest absolute Gasteiger partial charge is 0.342 e. The zero-order valence-corrected chi connectivity index (χ0v) is 14.8. The van der Waals surface area contributed by atoms with Crippen LogP contribution in [0.1, 0.15) is 50.5 Å². The van der Waals surface area contributed by atoms with Crippen LogP contribution in [0.25, 0.3) is 0 Å². The van der Waals surface area contributed by atoms with Gasteiger partial charge >= 0.3 is 0 Å². The summed E-state index contributed by atoms with van der Waals surface area (Å²) in [7, 11) is 0. The number of hydrogen-bond acceptors (Lipinski definition) is 2. The fourth-order valence-electron chi connectivity index (χ4n) is 5.18. The van der Waals surface area contributed by atoms with E-state index in [1.54, 1.807) is 0 Å². The molecule has 0 bridgehead atoms. The van der Waals surface area contributed by atoms with Gasteiger partial charge in [-0.05, 0) is 61.6 Å². The second-order valence-corrected chi connectivity index (χ2v) is 8.13. The SMILES string of the molecule is CCC1CN(C(=O)C2CC23CCNCC3)CCC1c1ccccc1. The Morgan fingerprint density at radius 1 is 1.25 bits per heavy atom. The zero-order chi connectivity index (χ0) is 16.6. The molecular weight excluding hydrogens is 296 g/mol. The van der Waals surface area contributed by atoms with Crippen LogP contribution >= 0.6 is 0 Å². The maximum absolute atomic E-state index is 13.0. The minimum atomic E-state index is 0.324. The second kappa shape index (κ2) is 6.51. The molecule has 1 amide bonds. The predicted molar refractivity (Wildman–Crippen MR) is 96.8 cm³/mol. The molecular formula is C21H30N2O. The Bertz CT molecular complexity index is 579. The first-order valence-electron chi connectivity index (χ1n) is 9.78. The predicted octanol–water partition coefficient (Wildman–Crippen LogP) is 3.42. The third kappa shape index (κ3) is 2.88. The standard InChI is InChI=1S/C21H30N2O/c1-2-16-15-23(13-8-18(16)17-6-4-3-5-7-17)20(24)19-14-21(19)9-11-22-12-10-21/h3-7,16,18-19,22H,2,8-15H2,1H3. The smallest absolute Gasteiger partial charge is 0.226 e. The van der Waals surface area contributed by atoms with Crippen molar-refractivity contribution in [1.29, 1.82) is 0 Å². The third-order valence-corrected chi connectivity index (χ3v) is 6.88. The van der Waals surface area contributed by atoms with Gasteiger partial charge in [-0.15, -0.1) is 0 Å². The van der Waals surface area contributed by atoms with Crippen LogP contribution in [-0.4, -0.2) is 37.0 Å². The summed E-state index contributed by atoms with van der Waals surface area (Å²) in [6.45, 7) is 6.37. The van der Waals surface area contributed by atoms with Crippen LogP contribution in [-0.2, 0) is 4.79 Å². The quantitative estimate of drug-likeness (QED) is 0.923. The Labute approximate surface area is 145 Å². The molecule has 1 aromatic rings. The lowest BCUT2D eigenvalue weighted by Crippen LogP contribution is -2.44. The van der Waals surface area contributed by atoms with E-state index in [4.69, 9.17) is 0 Å². The third-order valence-electron chi connectivity index (χ3n) is 6.88. The number of nitrogens with one attached hydrogen (secondary N) is 1. The average Bonchev–Trinajstić information content (AvgIpc) is 3.34. The van der Waals surface area contributed by atoms with Crippen molar-refractivity contribution >= 4 is 5.91 Å². The second-order valence-electron chi connectivity index (χ2n) is 8.13.